The van der Waals surface area contributed by atoms with Crippen LogP contribution in [-0.2, 0) is 15.0 Å². The highest BCUT2D eigenvalue weighted by atomic mass is 32.2. The molecule has 2 aromatic carbocycles. The number of hydrogen-bond acceptors (Lipinski definition) is 3. The number of benzene rings is 2. The minimum absolute atomic E-state index is 0.727. The van der Waals surface area contributed by atoms with Gasteiger partial charge in [0.25, 0.3) is 5.91 Å². The Labute approximate surface area is 135 Å². The van der Waals surface area contributed by atoms with Gasteiger partial charge in [0.2, 0.25) is 0 Å². The summed E-state index contributed by atoms with van der Waals surface area (Å²) in [7, 11) is -3.94. The van der Waals surface area contributed by atoms with Crippen molar-refractivity contribution < 1.29 is 13.2 Å². The van der Waals surface area contributed by atoms with Gasteiger partial charge in [-0.15, -0.1) is 0 Å². The molecule has 0 saturated carbocycles. The lowest BCUT2D eigenvalue weighted by Gasteiger charge is -2.03. The molecule has 0 bridgehead atoms. The molecule has 0 aliphatic rings. The lowest BCUT2D eigenvalue weighted by atomic mass is 10.2. The Bertz CT molecular complexity index is 798. The fourth-order valence-electron chi connectivity index (χ4n) is 1.72. The molecule has 0 aromatic heterocycles. The maximum absolute atomic E-state index is 11.7. The van der Waals surface area contributed by atoms with Gasteiger partial charge in [-0.2, -0.15) is 8.42 Å². The first-order valence-electron chi connectivity index (χ1n) is 6.84. The Hall–Kier alpha value is -2.86. The Morgan fingerprint density at radius 1 is 0.826 bits per heavy atom. The molecule has 118 valence electrons. The van der Waals surface area contributed by atoms with Gasteiger partial charge in [-0.1, -0.05) is 60.7 Å². The summed E-state index contributed by atoms with van der Waals surface area (Å²) in [5.41, 5.74) is 1.64. The summed E-state index contributed by atoms with van der Waals surface area (Å²) in [4.78, 5) is 11.6. The molecule has 0 heterocycles. The maximum atomic E-state index is 11.7. The van der Waals surface area contributed by atoms with Gasteiger partial charge < -0.3 is 0 Å². The molecule has 0 saturated heterocycles. The van der Waals surface area contributed by atoms with Gasteiger partial charge in [0, 0.05) is 12.3 Å². The number of carbonyl (C=O) groups excluding carboxylic acids is 1. The van der Waals surface area contributed by atoms with Crippen LogP contribution in [0.1, 0.15) is 11.1 Å². The van der Waals surface area contributed by atoms with E-state index in [2.05, 4.69) is 4.72 Å². The van der Waals surface area contributed by atoms with Crippen LogP contribution in [0.4, 0.5) is 0 Å². The fourth-order valence-corrected chi connectivity index (χ4v) is 2.35. The normalized spacial score (nSPS) is 11.7. The van der Waals surface area contributed by atoms with Crippen LogP contribution in [0.3, 0.4) is 0 Å². The molecule has 5 nitrogen and oxygen atoms in total. The lowest BCUT2D eigenvalue weighted by molar-refractivity contribution is -0.114. The smallest absolute Gasteiger partial charge is 0.273 e. The predicted molar refractivity (Wildman–Crippen MR) is 91.2 cm³/mol. The molecule has 0 aliphatic heterocycles. The van der Waals surface area contributed by atoms with Gasteiger partial charge in [0.15, 0.2) is 0 Å². The van der Waals surface area contributed by atoms with E-state index in [-0.39, 0.29) is 0 Å². The van der Waals surface area contributed by atoms with E-state index < -0.39 is 16.1 Å². The van der Waals surface area contributed by atoms with Crippen LogP contribution in [0.2, 0.25) is 0 Å². The largest absolute Gasteiger partial charge is 0.323 e. The first-order chi connectivity index (χ1) is 11.1. The van der Waals surface area contributed by atoms with Crippen molar-refractivity contribution in [2.75, 3.05) is 0 Å². The van der Waals surface area contributed by atoms with Crippen LogP contribution in [-0.4, -0.2) is 14.3 Å². The maximum Gasteiger partial charge on any atom is 0.323 e. The molecule has 23 heavy (non-hydrogen) atoms. The summed E-state index contributed by atoms with van der Waals surface area (Å²) >= 11 is 0. The van der Waals surface area contributed by atoms with Crippen LogP contribution in [0.25, 0.3) is 12.2 Å². The zero-order valence-corrected chi connectivity index (χ0v) is 13.0. The molecule has 2 aromatic rings. The molecular formula is C17H16N2O3S. The third kappa shape index (κ3) is 6.19. The fraction of sp³-hybridized carbons (Fsp3) is 0. The van der Waals surface area contributed by atoms with Crippen LogP contribution in [0.15, 0.2) is 72.9 Å². The summed E-state index contributed by atoms with van der Waals surface area (Å²) in [6, 6.07) is 18.3. The standard InChI is InChI=1S/C17H16N2O3S/c20-17(12-11-15-7-3-1-4-8-15)19-23(21,22)18-14-13-16-9-5-2-6-10-16/h1-14,18H,(H,19,20)/b12-11-,14-13+. The summed E-state index contributed by atoms with van der Waals surface area (Å²) in [5, 5.41) is 0. The molecule has 2 rings (SSSR count). The summed E-state index contributed by atoms with van der Waals surface area (Å²) in [5.74, 6) is -0.727. The quantitative estimate of drug-likeness (QED) is 0.799. The van der Waals surface area contributed by atoms with Crippen molar-refractivity contribution in [2.24, 2.45) is 0 Å². The second-order valence-corrected chi connectivity index (χ2v) is 6.02. The van der Waals surface area contributed by atoms with E-state index in [1.165, 1.54) is 12.3 Å². The average molecular weight is 328 g/mol. The Morgan fingerprint density at radius 2 is 1.35 bits per heavy atom. The summed E-state index contributed by atoms with van der Waals surface area (Å²) in [6.45, 7) is 0. The van der Waals surface area contributed by atoms with Gasteiger partial charge in [-0.25, -0.2) is 4.72 Å². The first-order valence-corrected chi connectivity index (χ1v) is 8.32. The first kappa shape index (κ1) is 16.5. The predicted octanol–water partition coefficient (Wildman–Crippen LogP) is 2.32. The van der Waals surface area contributed by atoms with E-state index >= 15 is 0 Å². The SMILES string of the molecule is O=C(/C=C\c1ccccc1)NS(=O)(=O)N/C=C/c1ccccc1. The highest BCUT2D eigenvalue weighted by Crippen LogP contribution is 2.01. The number of nitrogens with one attached hydrogen (secondary N) is 2. The minimum Gasteiger partial charge on any atom is -0.273 e. The second kappa shape index (κ2) is 7.95. The van der Waals surface area contributed by atoms with Crippen molar-refractivity contribution in [2.45, 2.75) is 0 Å². The summed E-state index contributed by atoms with van der Waals surface area (Å²) < 4.78 is 27.5. The molecule has 0 atom stereocenters. The highest BCUT2D eigenvalue weighted by molar-refractivity contribution is 7.88. The molecule has 0 unspecified atom stereocenters. The molecule has 0 radical (unpaired) electrons. The van der Waals surface area contributed by atoms with Crippen molar-refractivity contribution in [3.05, 3.63) is 84.1 Å². The van der Waals surface area contributed by atoms with E-state index in [9.17, 15) is 13.2 Å². The molecule has 0 aliphatic carbocycles. The summed E-state index contributed by atoms with van der Waals surface area (Å²) in [6.07, 6.45) is 5.54. The van der Waals surface area contributed by atoms with Crippen LogP contribution in [0, 0.1) is 0 Å². The third-order valence-corrected chi connectivity index (χ3v) is 3.68. The molecule has 1 amide bonds. The average Bonchev–Trinajstić information content (AvgIpc) is 2.54. The van der Waals surface area contributed by atoms with E-state index in [0.29, 0.717) is 0 Å². The van der Waals surface area contributed by atoms with Gasteiger partial charge in [-0.3, -0.25) is 9.52 Å². The zero-order chi connectivity index (χ0) is 16.5. The van der Waals surface area contributed by atoms with Gasteiger partial charge >= 0.3 is 10.2 Å². The number of carbonyl (C=O) groups is 1. The Morgan fingerprint density at radius 3 is 1.91 bits per heavy atom. The number of amides is 1. The number of rotatable bonds is 6. The molecule has 0 fully saturated rings. The van der Waals surface area contributed by atoms with Crippen LogP contribution in [0.5, 0.6) is 0 Å². The molecular weight excluding hydrogens is 312 g/mol. The topological polar surface area (TPSA) is 75.3 Å². The second-order valence-electron chi connectivity index (χ2n) is 4.58. The van der Waals surface area contributed by atoms with E-state index in [1.54, 1.807) is 18.2 Å². The highest BCUT2D eigenvalue weighted by Gasteiger charge is 2.09. The van der Waals surface area contributed by atoms with E-state index in [1.807, 2.05) is 53.3 Å². The van der Waals surface area contributed by atoms with Gasteiger partial charge in [0.1, 0.15) is 0 Å². The third-order valence-electron chi connectivity index (χ3n) is 2.76. The number of hydrogen-bond donors (Lipinski definition) is 2. The molecule has 0 spiro atoms. The van der Waals surface area contributed by atoms with Crippen molar-refractivity contribution in [1.29, 1.82) is 0 Å². The lowest BCUT2D eigenvalue weighted by Crippen LogP contribution is -2.36. The van der Waals surface area contributed by atoms with Crippen LogP contribution < -0.4 is 9.44 Å². The van der Waals surface area contributed by atoms with Crippen molar-refractivity contribution in [1.82, 2.24) is 9.44 Å². The van der Waals surface area contributed by atoms with Crippen molar-refractivity contribution >= 4 is 28.3 Å². The Balaban J connectivity index is 1.89. The monoisotopic (exact) mass is 328 g/mol. The van der Waals surface area contributed by atoms with Crippen molar-refractivity contribution in [3.8, 4) is 0 Å². The minimum atomic E-state index is -3.94. The van der Waals surface area contributed by atoms with Gasteiger partial charge in [0.05, 0.1) is 0 Å². The van der Waals surface area contributed by atoms with Gasteiger partial charge in [-0.05, 0) is 23.3 Å². The Kier molecular flexibility index (Phi) is 5.71. The van der Waals surface area contributed by atoms with E-state index in [4.69, 9.17) is 0 Å². The molecule has 6 heteroatoms. The zero-order valence-electron chi connectivity index (χ0n) is 12.2. The van der Waals surface area contributed by atoms with E-state index in [0.717, 1.165) is 17.2 Å². The molecule has 2 N–H and O–H groups in total. The van der Waals surface area contributed by atoms with Crippen LogP contribution >= 0.6 is 0 Å². The van der Waals surface area contributed by atoms with Crippen molar-refractivity contribution in [3.63, 3.8) is 0 Å².